The van der Waals surface area contributed by atoms with Crippen molar-refractivity contribution in [1.82, 2.24) is 0 Å². The average Bonchev–Trinajstić information content (AvgIpc) is 2.60. The molecule has 4 rings (SSSR count). The molecule has 0 saturated heterocycles. The fraction of sp³-hybridized carbons (Fsp3) is 0.600. The minimum Gasteiger partial charge on any atom is -0.468 e. The van der Waals surface area contributed by atoms with Crippen molar-refractivity contribution in [2.45, 2.75) is 46.0 Å². The molecule has 3 aliphatic carbocycles. The molecule has 0 aliphatic heterocycles. The maximum atomic E-state index is 5.72. The van der Waals surface area contributed by atoms with Crippen molar-refractivity contribution in [1.29, 1.82) is 0 Å². The van der Waals surface area contributed by atoms with Crippen LogP contribution in [0.4, 0.5) is 0 Å². The van der Waals surface area contributed by atoms with E-state index in [1.54, 1.807) is 5.57 Å². The van der Waals surface area contributed by atoms with Crippen LogP contribution in [0.15, 0.2) is 28.4 Å². The third kappa shape index (κ3) is 1.37. The molecule has 86 valence electrons. The third-order valence-electron chi connectivity index (χ3n) is 4.52. The Morgan fingerprint density at radius 2 is 2.19 bits per heavy atom. The SMILES string of the molecule is CC1=C[C@H]2CC(C)(C)[C@@H]1CCc1ccoc12. The minimum absolute atomic E-state index is 0.425. The first-order valence-corrected chi connectivity index (χ1v) is 6.32. The summed E-state index contributed by atoms with van der Waals surface area (Å²) in [6.07, 6.45) is 7.99. The highest BCUT2D eigenvalue weighted by Crippen LogP contribution is 2.50. The van der Waals surface area contributed by atoms with Gasteiger partial charge in [-0.05, 0) is 49.1 Å². The first kappa shape index (κ1) is 10.2. The Balaban J connectivity index is 2.12. The molecular weight excluding hydrogens is 196 g/mol. The topological polar surface area (TPSA) is 13.1 Å². The molecule has 1 heteroatoms. The Hall–Kier alpha value is -0.980. The molecule has 0 radical (unpaired) electrons. The summed E-state index contributed by atoms with van der Waals surface area (Å²) in [7, 11) is 0. The predicted octanol–water partition coefficient (Wildman–Crippen LogP) is 4.30. The smallest absolute Gasteiger partial charge is 0.113 e. The van der Waals surface area contributed by atoms with E-state index >= 15 is 0 Å². The highest BCUT2D eigenvalue weighted by atomic mass is 16.3. The van der Waals surface area contributed by atoms with E-state index in [1.807, 2.05) is 6.26 Å². The molecule has 1 nitrogen and oxygen atoms in total. The monoisotopic (exact) mass is 216 g/mol. The summed E-state index contributed by atoms with van der Waals surface area (Å²) in [4.78, 5) is 0. The normalized spacial score (nSPS) is 31.6. The van der Waals surface area contributed by atoms with Gasteiger partial charge < -0.3 is 4.42 Å². The summed E-state index contributed by atoms with van der Waals surface area (Å²) in [6, 6.07) is 2.16. The Kier molecular flexibility index (Phi) is 2.07. The van der Waals surface area contributed by atoms with E-state index in [2.05, 4.69) is 32.9 Å². The molecular formula is C15H20O. The zero-order valence-corrected chi connectivity index (χ0v) is 10.4. The van der Waals surface area contributed by atoms with Gasteiger partial charge in [-0.15, -0.1) is 0 Å². The fourth-order valence-electron chi connectivity index (χ4n) is 3.78. The van der Waals surface area contributed by atoms with Gasteiger partial charge >= 0.3 is 0 Å². The van der Waals surface area contributed by atoms with Gasteiger partial charge in [0.25, 0.3) is 0 Å². The quantitative estimate of drug-likeness (QED) is 0.589. The number of allylic oxidation sites excluding steroid dienone is 2. The summed E-state index contributed by atoms with van der Waals surface area (Å²) >= 11 is 0. The number of hydrogen-bond acceptors (Lipinski definition) is 1. The lowest BCUT2D eigenvalue weighted by Crippen LogP contribution is -2.33. The second kappa shape index (κ2) is 3.26. The summed E-state index contributed by atoms with van der Waals surface area (Å²) in [6.45, 7) is 7.12. The number of furan rings is 1. The van der Waals surface area contributed by atoms with Crippen molar-refractivity contribution in [2.75, 3.05) is 0 Å². The zero-order valence-electron chi connectivity index (χ0n) is 10.4. The number of fused-ring (bicyclic) bond motifs is 2. The van der Waals surface area contributed by atoms with E-state index in [1.165, 1.54) is 30.6 Å². The predicted molar refractivity (Wildman–Crippen MR) is 65.4 cm³/mol. The molecule has 0 saturated carbocycles. The van der Waals surface area contributed by atoms with E-state index in [0.29, 0.717) is 11.3 Å². The highest BCUT2D eigenvalue weighted by molar-refractivity contribution is 5.32. The van der Waals surface area contributed by atoms with Crippen molar-refractivity contribution in [3.05, 3.63) is 35.3 Å². The van der Waals surface area contributed by atoms with Gasteiger partial charge in [-0.3, -0.25) is 0 Å². The van der Waals surface area contributed by atoms with Crippen LogP contribution in [0.25, 0.3) is 0 Å². The molecule has 0 aromatic carbocycles. The molecule has 2 atom stereocenters. The van der Waals surface area contributed by atoms with Crippen LogP contribution in [0, 0.1) is 11.3 Å². The van der Waals surface area contributed by atoms with Crippen LogP contribution >= 0.6 is 0 Å². The minimum atomic E-state index is 0.425. The zero-order chi connectivity index (χ0) is 11.3. The van der Waals surface area contributed by atoms with Crippen molar-refractivity contribution in [3.8, 4) is 0 Å². The van der Waals surface area contributed by atoms with E-state index < -0.39 is 0 Å². The molecule has 0 unspecified atom stereocenters. The first-order valence-electron chi connectivity index (χ1n) is 6.32. The molecule has 0 spiro atoms. The van der Waals surface area contributed by atoms with Crippen molar-refractivity contribution in [3.63, 3.8) is 0 Å². The van der Waals surface area contributed by atoms with Crippen LogP contribution in [-0.4, -0.2) is 0 Å². The van der Waals surface area contributed by atoms with Gasteiger partial charge in [-0.2, -0.15) is 0 Å². The van der Waals surface area contributed by atoms with Gasteiger partial charge in [-0.25, -0.2) is 0 Å². The summed E-state index contributed by atoms with van der Waals surface area (Å²) in [5.41, 5.74) is 3.44. The molecule has 0 amide bonds. The van der Waals surface area contributed by atoms with Crippen LogP contribution in [0.2, 0.25) is 0 Å². The Bertz CT molecular complexity index is 436. The molecule has 1 aromatic heterocycles. The highest BCUT2D eigenvalue weighted by Gasteiger charge is 2.40. The molecule has 2 bridgehead atoms. The summed E-state index contributed by atoms with van der Waals surface area (Å²) < 4.78 is 5.72. The van der Waals surface area contributed by atoms with Crippen LogP contribution in [0.5, 0.6) is 0 Å². The van der Waals surface area contributed by atoms with Crippen LogP contribution in [0.1, 0.15) is 50.9 Å². The molecule has 3 aliphatic rings. The van der Waals surface area contributed by atoms with E-state index in [9.17, 15) is 0 Å². The largest absolute Gasteiger partial charge is 0.468 e. The first-order chi connectivity index (χ1) is 7.58. The van der Waals surface area contributed by atoms with Crippen LogP contribution < -0.4 is 0 Å². The van der Waals surface area contributed by atoms with Crippen molar-refractivity contribution < 1.29 is 4.42 Å². The van der Waals surface area contributed by atoms with E-state index in [0.717, 1.165) is 5.92 Å². The number of rotatable bonds is 0. The lowest BCUT2D eigenvalue weighted by atomic mass is 9.62. The van der Waals surface area contributed by atoms with Gasteiger partial charge in [-0.1, -0.05) is 25.5 Å². The van der Waals surface area contributed by atoms with Gasteiger partial charge in [0.1, 0.15) is 5.76 Å². The summed E-state index contributed by atoms with van der Waals surface area (Å²) in [5, 5.41) is 0. The average molecular weight is 216 g/mol. The van der Waals surface area contributed by atoms with Gasteiger partial charge in [0, 0.05) is 5.92 Å². The fourth-order valence-corrected chi connectivity index (χ4v) is 3.78. The standard InChI is InChI=1S/C15H20O/c1-10-8-12-9-15(2,3)13(10)5-4-11-6-7-16-14(11)12/h6-8,12-13H,4-5,9H2,1-3H3/t12-,13+/m0/s1. The lowest BCUT2D eigenvalue weighted by molar-refractivity contribution is 0.179. The molecule has 1 heterocycles. The number of aryl methyl sites for hydroxylation is 1. The Morgan fingerprint density at radius 1 is 1.38 bits per heavy atom. The molecule has 0 N–H and O–H groups in total. The Morgan fingerprint density at radius 3 is 2.94 bits per heavy atom. The molecule has 16 heavy (non-hydrogen) atoms. The maximum Gasteiger partial charge on any atom is 0.113 e. The van der Waals surface area contributed by atoms with E-state index in [-0.39, 0.29) is 0 Å². The summed E-state index contributed by atoms with van der Waals surface area (Å²) in [5.74, 6) is 2.49. The maximum absolute atomic E-state index is 5.72. The lowest BCUT2D eigenvalue weighted by Gasteiger charge is -2.43. The second-order valence-electron chi connectivity index (χ2n) is 6.11. The van der Waals surface area contributed by atoms with Crippen LogP contribution in [0.3, 0.4) is 0 Å². The van der Waals surface area contributed by atoms with Gasteiger partial charge in [0.15, 0.2) is 0 Å². The van der Waals surface area contributed by atoms with Gasteiger partial charge in [0.2, 0.25) is 0 Å². The van der Waals surface area contributed by atoms with E-state index in [4.69, 9.17) is 4.42 Å². The van der Waals surface area contributed by atoms with Crippen molar-refractivity contribution >= 4 is 0 Å². The second-order valence-corrected chi connectivity index (χ2v) is 6.11. The molecule has 0 fully saturated rings. The number of hydrogen-bond donors (Lipinski definition) is 0. The third-order valence-corrected chi connectivity index (χ3v) is 4.52. The van der Waals surface area contributed by atoms with Crippen molar-refractivity contribution in [2.24, 2.45) is 11.3 Å². The van der Waals surface area contributed by atoms with Crippen LogP contribution in [-0.2, 0) is 6.42 Å². The Labute approximate surface area is 97.5 Å². The van der Waals surface area contributed by atoms with Gasteiger partial charge in [0.05, 0.1) is 6.26 Å². The molecule has 1 aromatic rings.